The van der Waals surface area contributed by atoms with E-state index in [4.69, 9.17) is 14.2 Å². The van der Waals surface area contributed by atoms with Crippen molar-refractivity contribution in [1.82, 2.24) is 9.97 Å². The van der Waals surface area contributed by atoms with E-state index < -0.39 is 0 Å². The minimum atomic E-state index is -0.171. The van der Waals surface area contributed by atoms with Crippen molar-refractivity contribution >= 4 is 22.5 Å². The van der Waals surface area contributed by atoms with Gasteiger partial charge in [-0.25, -0.2) is 0 Å². The molecule has 0 saturated heterocycles. The van der Waals surface area contributed by atoms with Gasteiger partial charge in [0.1, 0.15) is 28.6 Å². The number of aromatic nitrogens is 2. The average Bonchev–Trinajstić information content (AvgIpc) is 3.69. The Hall–Kier alpha value is -4.13. The zero-order valence-corrected chi connectivity index (χ0v) is 20.2. The number of carbonyl (C=O) groups excluding carboxylic acids is 1. The van der Waals surface area contributed by atoms with Crippen LogP contribution in [-0.4, -0.2) is 36.1 Å². The van der Waals surface area contributed by atoms with Gasteiger partial charge in [0.2, 0.25) is 0 Å². The highest BCUT2D eigenvalue weighted by Crippen LogP contribution is 2.37. The van der Waals surface area contributed by atoms with Crippen molar-refractivity contribution in [2.24, 2.45) is 0 Å². The van der Waals surface area contributed by atoms with Gasteiger partial charge in [0, 0.05) is 42.8 Å². The summed E-state index contributed by atoms with van der Waals surface area (Å²) in [5, 5.41) is 0.892. The van der Waals surface area contributed by atoms with E-state index in [1.807, 2.05) is 50.2 Å². The van der Waals surface area contributed by atoms with Crippen molar-refractivity contribution < 1.29 is 19.0 Å². The molecule has 5 rings (SSSR count). The molecule has 1 amide bonds. The van der Waals surface area contributed by atoms with Gasteiger partial charge in [-0.05, 0) is 74.2 Å². The van der Waals surface area contributed by atoms with Crippen LogP contribution in [-0.2, 0) is 0 Å². The highest BCUT2D eigenvalue weighted by molar-refractivity contribution is 6.07. The second kappa shape index (κ2) is 9.25. The van der Waals surface area contributed by atoms with Crippen LogP contribution in [0.4, 0.5) is 5.69 Å². The smallest absolute Gasteiger partial charge is 0.263 e. The van der Waals surface area contributed by atoms with E-state index in [0.29, 0.717) is 17.1 Å². The Bertz CT molecular complexity index is 1390. The van der Waals surface area contributed by atoms with Crippen LogP contribution in [0, 0.1) is 13.8 Å². The number of carbonyl (C=O) groups is 1. The number of anilines is 1. The molecule has 0 N–H and O–H groups in total. The number of fused-ring (bicyclic) bond motifs is 1. The molecule has 1 saturated carbocycles. The second-order valence-corrected chi connectivity index (χ2v) is 8.76. The summed E-state index contributed by atoms with van der Waals surface area (Å²) in [7, 11) is 3.39. The third-order valence-corrected chi connectivity index (χ3v) is 6.09. The first-order chi connectivity index (χ1) is 16.9. The van der Waals surface area contributed by atoms with Crippen molar-refractivity contribution in [3.05, 3.63) is 77.7 Å². The molecule has 2 aromatic heterocycles. The number of amides is 1. The Morgan fingerprint density at radius 3 is 2.46 bits per heavy atom. The molecule has 2 heterocycles. The van der Waals surface area contributed by atoms with Crippen molar-refractivity contribution in [2.75, 3.05) is 19.1 Å². The third kappa shape index (κ3) is 4.62. The monoisotopic (exact) mass is 469 g/mol. The number of hydrogen-bond acceptors (Lipinski definition) is 6. The molecule has 2 aromatic carbocycles. The van der Waals surface area contributed by atoms with E-state index >= 15 is 0 Å². The number of rotatable bonds is 7. The van der Waals surface area contributed by atoms with Crippen LogP contribution in [0.25, 0.3) is 10.9 Å². The van der Waals surface area contributed by atoms with E-state index in [9.17, 15) is 4.79 Å². The number of hydrogen-bond donors (Lipinski definition) is 0. The van der Waals surface area contributed by atoms with Crippen molar-refractivity contribution in [2.45, 2.75) is 32.8 Å². The molecular formula is C28H27N3O4. The Kier molecular flexibility index (Phi) is 5.99. The summed E-state index contributed by atoms with van der Waals surface area (Å²) in [6.45, 7) is 3.95. The minimum Gasteiger partial charge on any atom is -0.497 e. The highest BCUT2D eigenvalue weighted by Gasteiger charge is 2.27. The fraction of sp³-hybridized carbons (Fsp3) is 0.250. The first-order valence-electron chi connectivity index (χ1n) is 11.5. The summed E-state index contributed by atoms with van der Waals surface area (Å²) in [6.07, 6.45) is 7.17. The fourth-order valence-electron chi connectivity index (χ4n) is 4.02. The van der Waals surface area contributed by atoms with Crippen LogP contribution < -0.4 is 19.1 Å². The highest BCUT2D eigenvalue weighted by atomic mass is 16.5. The quantitative estimate of drug-likeness (QED) is 0.337. The Morgan fingerprint density at radius 2 is 1.74 bits per heavy atom. The lowest BCUT2D eigenvalue weighted by molar-refractivity contribution is 0.0988. The van der Waals surface area contributed by atoms with Crippen LogP contribution in [0.5, 0.6) is 23.0 Å². The molecule has 0 bridgehead atoms. The molecule has 0 radical (unpaired) electrons. The number of benzene rings is 2. The lowest BCUT2D eigenvalue weighted by atomic mass is 10.1. The largest absolute Gasteiger partial charge is 0.497 e. The maximum Gasteiger partial charge on any atom is 0.263 e. The van der Waals surface area contributed by atoms with E-state index in [-0.39, 0.29) is 12.0 Å². The molecule has 178 valence electrons. The molecule has 7 nitrogen and oxygen atoms in total. The molecule has 0 aliphatic heterocycles. The van der Waals surface area contributed by atoms with Gasteiger partial charge in [-0.15, -0.1) is 0 Å². The minimum absolute atomic E-state index is 0.171. The topological polar surface area (TPSA) is 73.8 Å². The van der Waals surface area contributed by atoms with Crippen LogP contribution in [0.3, 0.4) is 0 Å². The van der Waals surface area contributed by atoms with E-state index in [0.717, 1.165) is 52.1 Å². The van der Waals surface area contributed by atoms with Crippen molar-refractivity contribution in [3.8, 4) is 23.0 Å². The normalized spacial score (nSPS) is 12.9. The van der Waals surface area contributed by atoms with Crippen LogP contribution in [0.15, 0.2) is 61.1 Å². The molecule has 0 unspecified atom stereocenters. The average molecular weight is 470 g/mol. The predicted octanol–water partition coefficient (Wildman–Crippen LogP) is 5.87. The molecule has 35 heavy (non-hydrogen) atoms. The van der Waals surface area contributed by atoms with Gasteiger partial charge in [-0.1, -0.05) is 0 Å². The summed E-state index contributed by atoms with van der Waals surface area (Å²) in [5.41, 5.74) is 3.84. The molecule has 1 aliphatic carbocycles. The summed E-state index contributed by atoms with van der Waals surface area (Å²) in [6, 6.07) is 13.2. The van der Waals surface area contributed by atoms with Gasteiger partial charge in [-0.3, -0.25) is 14.8 Å². The zero-order valence-electron chi connectivity index (χ0n) is 20.2. The maximum absolute atomic E-state index is 13.3. The predicted molar refractivity (Wildman–Crippen MR) is 135 cm³/mol. The first kappa shape index (κ1) is 22.7. The summed E-state index contributed by atoms with van der Waals surface area (Å²) in [4.78, 5) is 23.5. The van der Waals surface area contributed by atoms with E-state index in [2.05, 4.69) is 9.97 Å². The lowest BCUT2D eigenvalue weighted by Crippen LogP contribution is -2.27. The number of aryl methyl sites for hydroxylation is 2. The van der Waals surface area contributed by atoms with E-state index in [1.54, 1.807) is 43.7 Å². The van der Waals surface area contributed by atoms with Gasteiger partial charge >= 0.3 is 0 Å². The van der Waals surface area contributed by atoms with Gasteiger partial charge in [0.25, 0.3) is 5.91 Å². The number of ether oxygens (including phenoxy) is 3. The molecule has 1 aliphatic rings. The number of methoxy groups -OCH3 is 1. The molecule has 0 spiro atoms. The van der Waals surface area contributed by atoms with Gasteiger partial charge < -0.3 is 19.1 Å². The SMILES string of the molecule is COc1ccc2c(Oc3c(C)cc(N(C)C(=O)c4cnccc4OC4CC4)cc3C)ccnc2c1. The van der Waals surface area contributed by atoms with E-state index in [1.165, 1.54) is 0 Å². The number of pyridine rings is 2. The summed E-state index contributed by atoms with van der Waals surface area (Å²) in [5.74, 6) is 2.60. The van der Waals surface area contributed by atoms with Crippen molar-refractivity contribution in [3.63, 3.8) is 0 Å². The molecule has 0 atom stereocenters. The van der Waals surface area contributed by atoms with Crippen LogP contribution in [0.2, 0.25) is 0 Å². The van der Waals surface area contributed by atoms with Gasteiger partial charge in [-0.2, -0.15) is 0 Å². The fourth-order valence-corrected chi connectivity index (χ4v) is 4.02. The second-order valence-electron chi connectivity index (χ2n) is 8.76. The van der Waals surface area contributed by atoms with Crippen LogP contribution in [0.1, 0.15) is 34.3 Å². The lowest BCUT2D eigenvalue weighted by Gasteiger charge is -2.22. The number of nitrogens with zero attached hydrogens (tertiary/aromatic N) is 3. The molecule has 4 aromatic rings. The molecule has 7 heteroatoms. The molecule has 1 fully saturated rings. The standard InChI is InChI=1S/C28H27N3O4/c1-17-13-19(31(3)28(32)23-16-29-11-9-26(23)34-20-5-6-20)14-18(2)27(17)35-25-10-12-30-24-15-21(33-4)7-8-22(24)25/h7-16,20H,5-6H2,1-4H3. The van der Waals surface area contributed by atoms with Crippen LogP contribution >= 0.6 is 0 Å². The van der Waals surface area contributed by atoms with Gasteiger partial charge in [0.15, 0.2) is 0 Å². The Morgan fingerprint density at radius 1 is 1.00 bits per heavy atom. The Labute approximate surface area is 204 Å². The first-order valence-corrected chi connectivity index (χ1v) is 11.5. The molecular weight excluding hydrogens is 442 g/mol. The van der Waals surface area contributed by atoms with Crippen molar-refractivity contribution in [1.29, 1.82) is 0 Å². The Balaban J connectivity index is 1.42. The summed E-state index contributed by atoms with van der Waals surface area (Å²) < 4.78 is 17.6. The third-order valence-electron chi connectivity index (χ3n) is 6.09. The maximum atomic E-state index is 13.3. The zero-order chi connectivity index (χ0) is 24.5. The summed E-state index contributed by atoms with van der Waals surface area (Å²) >= 11 is 0. The van der Waals surface area contributed by atoms with Gasteiger partial charge in [0.05, 0.1) is 18.7 Å².